The van der Waals surface area contributed by atoms with Crippen molar-refractivity contribution in [2.45, 2.75) is 70.6 Å². The molecule has 0 saturated carbocycles. The number of hydrogen-bond acceptors (Lipinski definition) is 7. The van der Waals surface area contributed by atoms with Gasteiger partial charge in [0, 0.05) is 6.42 Å². The van der Waals surface area contributed by atoms with Gasteiger partial charge in [0.1, 0.15) is 18.1 Å². The Balaban J connectivity index is 5.23. The molecule has 0 aliphatic rings. The van der Waals surface area contributed by atoms with Crippen molar-refractivity contribution in [1.82, 2.24) is 16.0 Å². The summed E-state index contributed by atoms with van der Waals surface area (Å²) in [5.74, 6) is -6.22. The molecular weight excluding hydrogens is 414 g/mol. The molecule has 0 saturated heterocycles. The van der Waals surface area contributed by atoms with Crippen molar-refractivity contribution in [3.63, 3.8) is 0 Å². The summed E-state index contributed by atoms with van der Waals surface area (Å²) in [6, 6.07) is -5.08. The largest absolute Gasteiger partial charge is 0.481 e. The molecule has 0 aliphatic heterocycles. The second-order valence-corrected chi connectivity index (χ2v) is 7.21. The molecule has 0 rings (SSSR count). The minimum atomic E-state index is -1.38. The van der Waals surface area contributed by atoms with Gasteiger partial charge in [0.25, 0.3) is 0 Å². The van der Waals surface area contributed by atoms with Crippen LogP contribution in [-0.2, 0) is 28.8 Å². The van der Waals surface area contributed by atoms with E-state index in [9.17, 15) is 33.9 Å². The van der Waals surface area contributed by atoms with E-state index < -0.39 is 72.1 Å². The molecule has 0 aromatic heterocycles. The van der Waals surface area contributed by atoms with Crippen LogP contribution in [0.1, 0.15) is 46.5 Å². The Bertz CT molecular complexity index is 698. The standard InChI is InChI=1S/C18H31N5O8/c1-4-8(2)14(18(30)31)23-17(29)11(5-6-12(20)24)22-15(27)9(3)21-16(28)10(19)7-13(25)26/h8-11,14H,4-7,19H2,1-3H3,(H2,20,24)(H,21,28)(H,22,27)(H,23,29)(H,25,26)(H,30,31). The zero-order chi connectivity index (χ0) is 24.3. The van der Waals surface area contributed by atoms with Gasteiger partial charge in [-0.3, -0.25) is 24.0 Å². The molecule has 0 spiro atoms. The lowest BCUT2D eigenvalue weighted by atomic mass is 9.98. The van der Waals surface area contributed by atoms with Gasteiger partial charge in [-0.05, 0) is 19.3 Å². The molecule has 0 aromatic rings. The van der Waals surface area contributed by atoms with E-state index >= 15 is 0 Å². The van der Waals surface area contributed by atoms with Crippen molar-refractivity contribution in [3.05, 3.63) is 0 Å². The Morgan fingerprint density at radius 1 is 0.903 bits per heavy atom. The normalized spacial score (nSPS) is 15.5. The van der Waals surface area contributed by atoms with Gasteiger partial charge < -0.3 is 37.6 Å². The zero-order valence-electron chi connectivity index (χ0n) is 17.7. The van der Waals surface area contributed by atoms with E-state index in [1.807, 2.05) is 0 Å². The highest BCUT2D eigenvalue weighted by atomic mass is 16.4. The van der Waals surface area contributed by atoms with E-state index in [1.165, 1.54) is 6.92 Å². The molecule has 9 N–H and O–H groups in total. The average molecular weight is 445 g/mol. The molecule has 0 fully saturated rings. The SMILES string of the molecule is CCC(C)C(NC(=O)C(CCC(N)=O)NC(=O)C(C)NC(=O)C(N)CC(=O)O)C(=O)O. The topological polar surface area (TPSA) is 231 Å². The van der Waals surface area contributed by atoms with Gasteiger partial charge in [-0.15, -0.1) is 0 Å². The fraction of sp³-hybridized carbons (Fsp3) is 0.667. The highest BCUT2D eigenvalue weighted by molar-refractivity contribution is 5.94. The minimum Gasteiger partial charge on any atom is -0.481 e. The molecule has 13 nitrogen and oxygen atoms in total. The number of carboxylic acids is 2. The summed E-state index contributed by atoms with van der Waals surface area (Å²) in [6.07, 6.45) is -0.631. The minimum absolute atomic E-state index is 0.195. The first kappa shape index (κ1) is 27.8. The molecule has 31 heavy (non-hydrogen) atoms. The lowest BCUT2D eigenvalue weighted by molar-refractivity contribution is -0.144. The van der Waals surface area contributed by atoms with Crippen LogP contribution in [0, 0.1) is 5.92 Å². The van der Waals surface area contributed by atoms with Crippen molar-refractivity contribution < 1.29 is 39.0 Å². The van der Waals surface area contributed by atoms with Gasteiger partial charge in [0.05, 0.1) is 12.5 Å². The van der Waals surface area contributed by atoms with Gasteiger partial charge in [0.2, 0.25) is 23.6 Å². The summed E-state index contributed by atoms with van der Waals surface area (Å²) >= 11 is 0. The van der Waals surface area contributed by atoms with Gasteiger partial charge >= 0.3 is 11.9 Å². The third kappa shape index (κ3) is 10.4. The fourth-order valence-electron chi connectivity index (χ4n) is 2.46. The van der Waals surface area contributed by atoms with Crippen molar-refractivity contribution in [3.8, 4) is 0 Å². The van der Waals surface area contributed by atoms with Crippen molar-refractivity contribution >= 4 is 35.6 Å². The molecule has 13 heteroatoms. The Morgan fingerprint density at radius 2 is 1.48 bits per heavy atom. The summed E-state index contributed by atoms with van der Waals surface area (Å²) in [7, 11) is 0. The van der Waals surface area contributed by atoms with Gasteiger partial charge in [-0.1, -0.05) is 20.3 Å². The highest BCUT2D eigenvalue weighted by Gasteiger charge is 2.31. The van der Waals surface area contributed by atoms with Crippen LogP contribution in [0.15, 0.2) is 0 Å². The van der Waals surface area contributed by atoms with E-state index in [2.05, 4.69) is 16.0 Å². The number of carbonyl (C=O) groups excluding carboxylic acids is 4. The first-order chi connectivity index (χ1) is 14.3. The van der Waals surface area contributed by atoms with E-state index in [1.54, 1.807) is 13.8 Å². The number of amides is 4. The van der Waals surface area contributed by atoms with Gasteiger partial charge in [0.15, 0.2) is 0 Å². The monoisotopic (exact) mass is 445 g/mol. The maximum Gasteiger partial charge on any atom is 0.326 e. The quantitative estimate of drug-likeness (QED) is 0.151. The molecule has 0 bridgehead atoms. The lowest BCUT2D eigenvalue weighted by Crippen LogP contribution is -2.57. The van der Waals surface area contributed by atoms with Gasteiger partial charge in [-0.25, -0.2) is 4.79 Å². The van der Waals surface area contributed by atoms with Crippen molar-refractivity contribution in [2.75, 3.05) is 0 Å². The third-order valence-electron chi connectivity index (χ3n) is 4.57. The van der Waals surface area contributed by atoms with Crippen LogP contribution < -0.4 is 27.4 Å². The summed E-state index contributed by atoms with van der Waals surface area (Å²) in [6.45, 7) is 4.66. The first-order valence-electron chi connectivity index (χ1n) is 9.69. The molecule has 4 amide bonds. The smallest absolute Gasteiger partial charge is 0.326 e. The first-order valence-corrected chi connectivity index (χ1v) is 9.69. The van der Waals surface area contributed by atoms with Crippen molar-refractivity contribution in [1.29, 1.82) is 0 Å². The number of carbonyl (C=O) groups is 6. The zero-order valence-corrected chi connectivity index (χ0v) is 17.7. The number of aliphatic carboxylic acids is 2. The lowest BCUT2D eigenvalue weighted by Gasteiger charge is -2.25. The maximum absolute atomic E-state index is 12.6. The number of nitrogens with one attached hydrogen (secondary N) is 3. The molecule has 5 atom stereocenters. The number of rotatable bonds is 14. The highest BCUT2D eigenvalue weighted by Crippen LogP contribution is 2.09. The number of hydrogen-bond donors (Lipinski definition) is 7. The third-order valence-corrected chi connectivity index (χ3v) is 4.57. The Labute approximate surface area is 179 Å². The fourth-order valence-corrected chi connectivity index (χ4v) is 2.46. The van der Waals surface area contributed by atoms with Crippen molar-refractivity contribution in [2.24, 2.45) is 17.4 Å². The van der Waals surface area contributed by atoms with Crippen LogP contribution in [0.4, 0.5) is 0 Å². The van der Waals surface area contributed by atoms with Crippen LogP contribution in [-0.4, -0.2) is 69.9 Å². The summed E-state index contributed by atoms with van der Waals surface area (Å²) in [5, 5.41) is 24.9. The molecule has 0 radical (unpaired) electrons. The van der Waals surface area contributed by atoms with Crippen LogP contribution >= 0.6 is 0 Å². The predicted molar refractivity (Wildman–Crippen MR) is 107 cm³/mol. The average Bonchev–Trinajstić information content (AvgIpc) is 2.66. The van der Waals surface area contributed by atoms with E-state index in [4.69, 9.17) is 16.6 Å². The molecule has 0 aromatic carbocycles. The molecule has 0 heterocycles. The Morgan fingerprint density at radius 3 is 1.94 bits per heavy atom. The maximum atomic E-state index is 12.6. The van der Waals surface area contributed by atoms with E-state index in [0.717, 1.165) is 0 Å². The van der Waals surface area contributed by atoms with Crippen LogP contribution in [0.25, 0.3) is 0 Å². The Kier molecular flexibility index (Phi) is 11.8. The molecular formula is C18H31N5O8. The number of nitrogens with two attached hydrogens (primary N) is 2. The second kappa shape index (κ2) is 13.2. The molecule has 176 valence electrons. The van der Waals surface area contributed by atoms with Gasteiger partial charge in [-0.2, -0.15) is 0 Å². The number of primary amides is 1. The summed E-state index contributed by atoms with van der Waals surface area (Å²) in [4.78, 5) is 70.0. The number of carboxylic acid groups (broad SMARTS) is 2. The Hall–Kier alpha value is -3.22. The van der Waals surface area contributed by atoms with Crippen LogP contribution in [0.5, 0.6) is 0 Å². The summed E-state index contributed by atoms with van der Waals surface area (Å²) < 4.78 is 0. The molecule has 5 unspecified atom stereocenters. The predicted octanol–water partition coefficient (Wildman–Crippen LogP) is -2.34. The van der Waals surface area contributed by atoms with Crippen LogP contribution in [0.3, 0.4) is 0 Å². The second-order valence-electron chi connectivity index (χ2n) is 7.21. The van der Waals surface area contributed by atoms with Crippen LogP contribution in [0.2, 0.25) is 0 Å². The van der Waals surface area contributed by atoms with E-state index in [0.29, 0.717) is 6.42 Å². The van der Waals surface area contributed by atoms with E-state index in [-0.39, 0.29) is 12.8 Å². The summed E-state index contributed by atoms with van der Waals surface area (Å²) in [5.41, 5.74) is 10.5. The molecule has 0 aliphatic carbocycles.